The average Bonchev–Trinajstić information content (AvgIpc) is 3.06. The number of para-hydroxylation sites is 1. The second-order valence-corrected chi connectivity index (χ2v) is 7.65. The van der Waals surface area contributed by atoms with Crippen LogP contribution in [0.25, 0.3) is 16.5 Å². The molecule has 1 atom stereocenters. The van der Waals surface area contributed by atoms with Crippen molar-refractivity contribution in [2.24, 2.45) is 0 Å². The molecule has 0 saturated carbocycles. The van der Waals surface area contributed by atoms with Gasteiger partial charge < -0.3 is 14.6 Å². The van der Waals surface area contributed by atoms with Crippen molar-refractivity contribution < 1.29 is 9.53 Å². The summed E-state index contributed by atoms with van der Waals surface area (Å²) in [5, 5.41) is 8.63. The van der Waals surface area contributed by atoms with Gasteiger partial charge in [0.25, 0.3) is 5.56 Å². The van der Waals surface area contributed by atoms with E-state index in [1.807, 2.05) is 86.9 Å². The highest BCUT2D eigenvalue weighted by molar-refractivity contribution is 5.95. The van der Waals surface area contributed by atoms with Gasteiger partial charge in [-0.2, -0.15) is 9.78 Å². The molecule has 2 aromatic carbocycles. The fourth-order valence-corrected chi connectivity index (χ4v) is 4.08. The Hall–Kier alpha value is -3.87. The van der Waals surface area contributed by atoms with Crippen molar-refractivity contribution in [2.75, 3.05) is 11.9 Å². The predicted octanol–water partition coefficient (Wildman–Crippen LogP) is 4.40. The van der Waals surface area contributed by atoms with Gasteiger partial charge in [0, 0.05) is 22.5 Å². The largest absolute Gasteiger partial charge is 0.494 e. The Labute approximate surface area is 186 Å². The Bertz CT molecular complexity index is 1320. The van der Waals surface area contributed by atoms with Crippen LogP contribution in [0, 0.1) is 13.8 Å². The normalized spacial score (nSPS) is 12.0. The van der Waals surface area contributed by atoms with Crippen LogP contribution in [0.15, 0.2) is 65.6 Å². The third-order valence-electron chi connectivity index (χ3n) is 5.65. The van der Waals surface area contributed by atoms with E-state index in [2.05, 4.69) is 10.4 Å². The van der Waals surface area contributed by atoms with Gasteiger partial charge in [0.1, 0.15) is 11.8 Å². The van der Waals surface area contributed by atoms with Crippen LogP contribution in [0.5, 0.6) is 5.75 Å². The van der Waals surface area contributed by atoms with Crippen molar-refractivity contribution in [1.82, 2.24) is 14.3 Å². The zero-order valence-electron chi connectivity index (χ0n) is 18.6. The number of carbonyl (C=O) groups is 1. The van der Waals surface area contributed by atoms with Gasteiger partial charge in [0.15, 0.2) is 0 Å². The molecule has 2 aromatic heterocycles. The minimum Gasteiger partial charge on any atom is -0.494 e. The van der Waals surface area contributed by atoms with Crippen LogP contribution in [0.3, 0.4) is 0 Å². The summed E-state index contributed by atoms with van der Waals surface area (Å²) in [6.07, 6.45) is 1.69. The summed E-state index contributed by atoms with van der Waals surface area (Å²) in [4.78, 5) is 26.3. The lowest BCUT2D eigenvalue weighted by Crippen LogP contribution is -2.25. The number of amides is 1. The molecule has 4 rings (SSSR count). The van der Waals surface area contributed by atoms with E-state index in [1.165, 1.54) is 4.68 Å². The molecular formula is C25H26N4O3. The van der Waals surface area contributed by atoms with E-state index in [0.717, 1.165) is 22.5 Å². The van der Waals surface area contributed by atoms with Crippen LogP contribution in [0.2, 0.25) is 0 Å². The van der Waals surface area contributed by atoms with Gasteiger partial charge in [-0.05, 0) is 64.1 Å². The third kappa shape index (κ3) is 3.77. The van der Waals surface area contributed by atoms with Crippen LogP contribution in [0.4, 0.5) is 5.69 Å². The van der Waals surface area contributed by atoms with Gasteiger partial charge in [-0.25, -0.2) is 0 Å². The molecule has 0 aliphatic heterocycles. The first-order chi connectivity index (χ1) is 15.4. The molecule has 1 N–H and O–H groups in total. The van der Waals surface area contributed by atoms with Crippen LogP contribution >= 0.6 is 0 Å². The highest BCUT2D eigenvalue weighted by atomic mass is 16.5. The van der Waals surface area contributed by atoms with Crippen molar-refractivity contribution >= 4 is 22.4 Å². The molecule has 0 bridgehead atoms. The smallest absolute Gasteiger partial charge is 0.281 e. The zero-order valence-corrected chi connectivity index (χ0v) is 18.6. The lowest BCUT2D eigenvalue weighted by Gasteiger charge is -2.18. The minimum absolute atomic E-state index is 0.169. The number of aryl methyl sites for hydroxylation is 2. The van der Waals surface area contributed by atoms with Crippen LogP contribution < -0.4 is 15.6 Å². The lowest BCUT2D eigenvalue weighted by atomic mass is 10.2. The van der Waals surface area contributed by atoms with Gasteiger partial charge in [-0.15, -0.1) is 0 Å². The van der Waals surface area contributed by atoms with E-state index in [9.17, 15) is 9.59 Å². The van der Waals surface area contributed by atoms with Crippen molar-refractivity contribution in [1.29, 1.82) is 0 Å². The van der Waals surface area contributed by atoms with Gasteiger partial charge >= 0.3 is 0 Å². The number of hydrogen-bond acceptors (Lipinski definition) is 4. The third-order valence-corrected chi connectivity index (χ3v) is 5.65. The molecule has 1 amide bonds. The number of rotatable bonds is 6. The first-order valence-corrected chi connectivity index (χ1v) is 10.6. The Kier molecular flexibility index (Phi) is 5.81. The Morgan fingerprint density at radius 3 is 2.41 bits per heavy atom. The number of ether oxygens (including phenoxy) is 1. The summed E-state index contributed by atoms with van der Waals surface area (Å²) in [7, 11) is 0. The second-order valence-electron chi connectivity index (χ2n) is 7.65. The fraction of sp³-hybridized carbons (Fsp3) is 0.240. The second kappa shape index (κ2) is 8.70. The maximum absolute atomic E-state index is 13.3. The molecule has 0 aliphatic rings. The van der Waals surface area contributed by atoms with Crippen molar-refractivity contribution in [2.45, 2.75) is 33.7 Å². The summed E-state index contributed by atoms with van der Waals surface area (Å²) in [5.41, 5.74) is 2.75. The number of aromatic nitrogens is 3. The van der Waals surface area contributed by atoms with Crippen LogP contribution in [-0.2, 0) is 4.79 Å². The van der Waals surface area contributed by atoms with E-state index in [1.54, 1.807) is 6.20 Å². The monoisotopic (exact) mass is 430 g/mol. The summed E-state index contributed by atoms with van der Waals surface area (Å²) < 4.78 is 8.73. The summed E-state index contributed by atoms with van der Waals surface area (Å²) in [5.74, 6) is 0.584. The Balaban J connectivity index is 1.68. The molecular weight excluding hydrogens is 404 g/mol. The molecule has 2 heterocycles. The lowest BCUT2D eigenvalue weighted by molar-refractivity contribution is -0.118. The molecule has 1 unspecified atom stereocenters. The number of nitrogens with zero attached hydrogens (tertiary/aromatic N) is 3. The molecule has 4 aromatic rings. The van der Waals surface area contributed by atoms with Gasteiger partial charge in [0.2, 0.25) is 5.91 Å². The van der Waals surface area contributed by atoms with E-state index in [4.69, 9.17) is 4.74 Å². The highest BCUT2D eigenvalue weighted by Crippen LogP contribution is 2.27. The Morgan fingerprint density at radius 2 is 1.75 bits per heavy atom. The minimum atomic E-state index is -0.515. The first kappa shape index (κ1) is 21.4. The Morgan fingerprint density at radius 1 is 1.06 bits per heavy atom. The quantitative estimate of drug-likeness (QED) is 0.492. The number of hydrogen-bond donors (Lipinski definition) is 1. The van der Waals surface area contributed by atoms with Gasteiger partial charge in [-0.1, -0.05) is 18.2 Å². The predicted molar refractivity (Wildman–Crippen MR) is 126 cm³/mol. The first-order valence-electron chi connectivity index (χ1n) is 10.6. The van der Waals surface area contributed by atoms with Gasteiger partial charge in [0.05, 0.1) is 23.9 Å². The molecule has 164 valence electrons. The molecule has 0 aliphatic carbocycles. The van der Waals surface area contributed by atoms with Gasteiger partial charge in [-0.3, -0.25) is 9.59 Å². The number of carbonyl (C=O) groups excluding carboxylic acids is 1. The molecule has 7 heteroatoms. The molecule has 7 nitrogen and oxygen atoms in total. The van der Waals surface area contributed by atoms with E-state index in [-0.39, 0.29) is 11.5 Å². The molecule has 0 fully saturated rings. The summed E-state index contributed by atoms with van der Waals surface area (Å²) >= 11 is 0. The number of anilines is 1. The van der Waals surface area contributed by atoms with Crippen molar-refractivity contribution in [3.63, 3.8) is 0 Å². The maximum atomic E-state index is 13.3. The molecule has 32 heavy (non-hydrogen) atoms. The highest BCUT2D eigenvalue weighted by Gasteiger charge is 2.23. The van der Waals surface area contributed by atoms with Crippen LogP contribution in [-0.4, -0.2) is 26.9 Å². The van der Waals surface area contributed by atoms with E-state index >= 15 is 0 Å². The van der Waals surface area contributed by atoms with E-state index < -0.39 is 6.04 Å². The SMILES string of the molecule is CCOc1ccc(NC(=O)C(C)n2c(C)c3cnn(-c4ccccc4)c(=O)c3c2C)cc1. The molecule has 0 saturated heterocycles. The summed E-state index contributed by atoms with van der Waals surface area (Å²) in [6, 6.07) is 16.0. The van der Waals surface area contributed by atoms with Crippen LogP contribution in [0.1, 0.15) is 31.3 Å². The maximum Gasteiger partial charge on any atom is 0.281 e. The number of benzene rings is 2. The standard InChI is InChI=1S/C25H26N4O3/c1-5-32-21-13-11-19(12-14-21)27-24(30)18(4)28-16(2)22-15-26-29(20-9-7-6-8-10-20)25(31)23(22)17(28)3/h6-15,18H,5H2,1-4H3,(H,27,30). The topological polar surface area (TPSA) is 78.2 Å². The number of nitrogens with one attached hydrogen (secondary N) is 1. The molecule has 0 spiro atoms. The molecule has 0 radical (unpaired) electrons. The fourth-order valence-electron chi connectivity index (χ4n) is 4.08. The van der Waals surface area contributed by atoms with Crippen molar-refractivity contribution in [3.8, 4) is 11.4 Å². The summed E-state index contributed by atoms with van der Waals surface area (Å²) in [6.45, 7) is 8.11. The zero-order chi connectivity index (χ0) is 22.8. The van der Waals surface area contributed by atoms with Crippen molar-refractivity contribution in [3.05, 3.63) is 82.5 Å². The van der Waals surface area contributed by atoms with E-state index in [0.29, 0.717) is 23.4 Å². The number of fused-ring (bicyclic) bond motifs is 1. The average molecular weight is 431 g/mol.